The number of likely N-dealkylation sites (tertiary alicyclic amines) is 1. The van der Waals surface area contributed by atoms with Crippen molar-refractivity contribution in [2.24, 2.45) is 0 Å². The first-order chi connectivity index (χ1) is 12.5. The van der Waals surface area contributed by atoms with Crippen molar-refractivity contribution in [3.8, 4) is 11.5 Å². The molecule has 0 radical (unpaired) electrons. The van der Waals surface area contributed by atoms with Crippen molar-refractivity contribution in [1.29, 1.82) is 0 Å². The number of anilines is 1. The van der Waals surface area contributed by atoms with Crippen molar-refractivity contribution in [2.75, 3.05) is 26.1 Å². The highest BCUT2D eigenvalue weighted by atomic mass is 35.5. The van der Waals surface area contributed by atoms with E-state index < -0.39 is 0 Å². The first-order valence-electron chi connectivity index (χ1n) is 8.28. The fourth-order valence-electron chi connectivity index (χ4n) is 3.20. The predicted molar refractivity (Wildman–Crippen MR) is 104 cm³/mol. The van der Waals surface area contributed by atoms with Crippen LogP contribution in [0.4, 0.5) is 10.5 Å². The van der Waals surface area contributed by atoms with Crippen LogP contribution in [0.1, 0.15) is 24.4 Å². The minimum atomic E-state index is -0.184. The Hall–Kier alpha value is -2.11. The van der Waals surface area contributed by atoms with Gasteiger partial charge >= 0.3 is 6.03 Å². The Morgan fingerprint density at radius 1 is 1.12 bits per heavy atom. The van der Waals surface area contributed by atoms with Gasteiger partial charge in [0.1, 0.15) is 11.5 Å². The molecule has 1 aliphatic rings. The molecule has 2 amide bonds. The second kappa shape index (κ2) is 8.06. The molecule has 26 heavy (non-hydrogen) atoms. The maximum Gasteiger partial charge on any atom is 0.322 e. The van der Waals surface area contributed by atoms with Crippen molar-refractivity contribution >= 4 is 34.9 Å². The standard InChI is InChI=1S/C19H20Cl2N2O3/c1-25-13-6-8-18(26-2)14(11-13)17-4-3-9-23(17)19(24)22-12-5-7-15(20)16(21)10-12/h5-8,10-11,17H,3-4,9H2,1-2H3,(H,22,24). The number of urea groups is 1. The molecule has 0 spiro atoms. The zero-order chi connectivity index (χ0) is 18.7. The second-order valence-electron chi connectivity index (χ2n) is 6.02. The van der Waals surface area contributed by atoms with Gasteiger partial charge in [-0.25, -0.2) is 4.79 Å². The molecule has 138 valence electrons. The van der Waals surface area contributed by atoms with Gasteiger partial charge in [0.25, 0.3) is 0 Å². The zero-order valence-electron chi connectivity index (χ0n) is 14.6. The van der Waals surface area contributed by atoms with Crippen molar-refractivity contribution in [1.82, 2.24) is 4.90 Å². The molecule has 2 aromatic carbocycles. The van der Waals surface area contributed by atoms with Crippen molar-refractivity contribution in [2.45, 2.75) is 18.9 Å². The van der Waals surface area contributed by atoms with Gasteiger partial charge in [0.05, 0.1) is 30.3 Å². The van der Waals surface area contributed by atoms with E-state index in [2.05, 4.69) is 5.32 Å². The van der Waals surface area contributed by atoms with E-state index >= 15 is 0 Å². The molecule has 1 fully saturated rings. The lowest BCUT2D eigenvalue weighted by Crippen LogP contribution is -2.34. The summed E-state index contributed by atoms with van der Waals surface area (Å²) in [5, 5.41) is 3.74. The predicted octanol–water partition coefficient (Wildman–Crippen LogP) is 5.38. The van der Waals surface area contributed by atoms with Crippen LogP contribution in [0.15, 0.2) is 36.4 Å². The molecule has 1 aliphatic heterocycles. The summed E-state index contributed by atoms with van der Waals surface area (Å²) >= 11 is 12.0. The van der Waals surface area contributed by atoms with Crippen LogP contribution in [0.3, 0.4) is 0 Å². The lowest BCUT2D eigenvalue weighted by molar-refractivity contribution is 0.206. The molecule has 0 saturated carbocycles. The summed E-state index contributed by atoms with van der Waals surface area (Å²) in [6.45, 7) is 0.665. The fourth-order valence-corrected chi connectivity index (χ4v) is 3.50. The number of nitrogens with zero attached hydrogens (tertiary/aromatic N) is 1. The fraction of sp³-hybridized carbons (Fsp3) is 0.316. The Kier molecular flexibility index (Phi) is 5.79. The van der Waals surface area contributed by atoms with E-state index in [0.29, 0.717) is 22.3 Å². The minimum absolute atomic E-state index is 0.0807. The monoisotopic (exact) mass is 394 g/mol. The smallest absolute Gasteiger partial charge is 0.322 e. The van der Waals surface area contributed by atoms with Crippen LogP contribution in [-0.2, 0) is 0 Å². The number of methoxy groups -OCH3 is 2. The van der Waals surface area contributed by atoms with Crippen LogP contribution in [0, 0.1) is 0 Å². The number of carbonyl (C=O) groups excluding carboxylic acids is 1. The Morgan fingerprint density at radius 3 is 2.62 bits per heavy atom. The van der Waals surface area contributed by atoms with E-state index in [1.54, 1.807) is 37.3 Å². The number of halogens is 2. The van der Waals surface area contributed by atoms with E-state index in [-0.39, 0.29) is 12.1 Å². The highest BCUT2D eigenvalue weighted by molar-refractivity contribution is 6.42. The Bertz CT molecular complexity index is 813. The summed E-state index contributed by atoms with van der Waals surface area (Å²) in [5.74, 6) is 1.47. The molecule has 1 saturated heterocycles. The second-order valence-corrected chi connectivity index (χ2v) is 6.83. The average Bonchev–Trinajstić information content (AvgIpc) is 3.14. The van der Waals surface area contributed by atoms with Crippen LogP contribution in [0.25, 0.3) is 0 Å². The highest BCUT2D eigenvalue weighted by Crippen LogP contribution is 2.39. The molecule has 0 aromatic heterocycles. The summed E-state index contributed by atoms with van der Waals surface area (Å²) in [6, 6.07) is 10.4. The van der Waals surface area contributed by atoms with Gasteiger partial charge in [-0.1, -0.05) is 23.2 Å². The number of amides is 2. The van der Waals surface area contributed by atoms with Crippen molar-refractivity contribution in [3.05, 3.63) is 52.0 Å². The lowest BCUT2D eigenvalue weighted by Gasteiger charge is -2.27. The van der Waals surface area contributed by atoms with E-state index in [0.717, 1.165) is 29.9 Å². The van der Waals surface area contributed by atoms with Gasteiger partial charge in [-0.05, 0) is 49.2 Å². The average molecular weight is 395 g/mol. The molecular formula is C19H20Cl2N2O3. The summed E-state index contributed by atoms with van der Waals surface area (Å²) in [5.41, 5.74) is 1.54. The van der Waals surface area contributed by atoms with Gasteiger partial charge < -0.3 is 19.7 Å². The third kappa shape index (κ3) is 3.84. The molecule has 0 bridgehead atoms. The van der Waals surface area contributed by atoms with Gasteiger partial charge in [-0.2, -0.15) is 0 Å². The van der Waals surface area contributed by atoms with Gasteiger partial charge in [-0.15, -0.1) is 0 Å². The van der Waals surface area contributed by atoms with Gasteiger partial charge in [0.2, 0.25) is 0 Å². The minimum Gasteiger partial charge on any atom is -0.497 e. The van der Waals surface area contributed by atoms with Crippen LogP contribution >= 0.6 is 23.2 Å². The molecule has 1 heterocycles. The molecule has 5 nitrogen and oxygen atoms in total. The zero-order valence-corrected chi connectivity index (χ0v) is 16.1. The summed E-state index contributed by atoms with van der Waals surface area (Å²) in [7, 11) is 3.25. The first-order valence-corrected chi connectivity index (χ1v) is 9.03. The van der Waals surface area contributed by atoms with Gasteiger partial charge in [0.15, 0.2) is 0 Å². The van der Waals surface area contributed by atoms with Gasteiger partial charge in [0, 0.05) is 17.8 Å². The molecule has 0 aliphatic carbocycles. The maximum absolute atomic E-state index is 12.8. The molecule has 2 aromatic rings. The van der Waals surface area contributed by atoms with Crippen molar-refractivity contribution < 1.29 is 14.3 Å². The largest absolute Gasteiger partial charge is 0.497 e. The number of carbonyl (C=O) groups is 1. The van der Waals surface area contributed by atoms with Crippen LogP contribution < -0.4 is 14.8 Å². The topological polar surface area (TPSA) is 50.8 Å². The third-order valence-electron chi connectivity index (χ3n) is 4.48. The Morgan fingerprint density at radius 2 is 1.92 bits per heavy atom. The van der Waals surface area contributed by atoms with E-state index in [1.165, 1.54) is 0 Å². The number of hydrogen-bond donors (Lipinski definition) is 1. The van der Waals surface area contributed by atoms with E-state index in [1.807, 2.05) is 18.2 Å². The summed E-state index contributed by atoms with van der Waals surface area (Å²) < 4.78 is 10.8. The SMILES string of the molecule is COc1ccc(OC)c(C2CCCN2C(=O)Nc2ccc(Cl)c(Cl)c2)c1. The van der Waals surface area contributed by atoms with E-state index in [9.17, 15) is 4.79 Å². The maximum atomic E-state index is 12.8. The van der Waals surface area contributed by atoms with Crippen molar-refractivity contribution in [3.63, 3.8) is 0 Å². The van der Waals surface area contributed by atoms with Crippen LogP contribution in [0.2, 0.25) is 10.0 Å². The number of ether oxygens (including phenoxy) is 2. The molecule has 1 unspecified atom stereocenters. The molecular weight excluding hydrogens is 375 g/mol. The first kappa shape index (κ1) is 18.7. The quantitative estimate of drug-likeness (QED) is 0.756. The molecule has 1 atom stereocenters. The molecule has 7 heteroatoms. The summed E-state index contributed by atoms with van der Waals surface area (Å²) in [4.78, 5) is 14.6. The number of nitrogens with one attached hydrogen (secondary N) is 1. The number of hydrogen-bond acceptors (Lipinski definition) is 3. The third-order valence-corrected chi connectivity index (χ3v) is 5.22. The number of rotatable bonds is 4. The van der Waals surface area contributed by atoms with E-state index in [4.69, 9.17) is 32.7 Å². The normalized spacial score (nSPS) is 16.5. The molecule has 3 rings (SSSR count). The van der Waals surface area contributed by atoms with Gasteiger partial charge in [-0.3, -0.25) is 0 Å². The van der Waals surface area contributed by atoms with Crippen LogP contribution in [-0.4, -0.2) is 31.7 Å². The number of benzene rings is 2. The molecule has 1 N–H and O–H groups in total. The lowest BCUT2D eigenvalue weighted by atomic mass is 10.0. The van der Waals surface area contributed by atoms with Crippen LogP contribution in [0.5, 0.6) is 11.5 Å². The Balaban J connectivity index is 1.83. The summed E-state index contributed by atoms with van der Waals surface area (Å²) in [6.07, 6.45) is 1.78. The highest BCUT2D eigenvalue weighted by Gasteiger charge is 2.32. The Labute approximate surface area is 162 Å².